The Kier molecular flexibility index (Phi) is 4.47. The van der Waals surface area contributed by atoms with Crippen molar-refractivity contribution in [1.82, 2.24) is 4.98 Å². The number of benzene rings is 1. The van der Waals surface area contributed by atoms with Crippen molar-refractivity contribution < 1.29 is 13.9 Å². The van der Waals surface area contributed by atoms with Crippen LogP contribution in [-0.2, 0) is 9.53 Å². The molecule has 0 saturated carbocycles. The molecule has 0 spiro atoms. The predicted molar refractivity (Wildman–Crippen MR) is 83.1 cm³/mol. The summed E-state index contributed by atoms with van der Waals surface area (Å²) in [4.78, 5) is 16.4. The van der Waals surface area contributed by atoms with Crippen LogP contribution < -0.4 is 11.1 Å². The van der Waals surface area contributed by atoms with Crippen LogP contribution >= 0.6 is 11.3 Å². The van der Waals surface area contributed by atoms with E-state index in [1.165, 1.54) is 23.5 Å². The predicted octanol–water partition coefficient (Wildman–Crippen LogP) is 2.39. The second-order valence-corrected chi connectivity index (χ2v) is 5.96. The smallest absolute Gasteiger partial charge is 0.255 e. The lowest BCUT2D eigenvalue weighted by Gasteiger charge is -2.11. The molecular formula is C15H16FN3O2S. The lowest BCUT2D eigenvalue weighted by atomic mass is 10.2. The van der Waals surface area contributed by atoms with Gasteiger partial charge < -0.3 is 10.5 Å². The van der Waals surface area contributed by atoms with E-state index in [0.717, 1.165) is 6.42 Å². The van der Waals surface area contributed by atoms with Crippen LogP contribution in [0.2, 0.25) is 0 Å². The largest absolute Gasteiger partial charge is 0.364 e. The van der Waals surface area contributed by atoms with E-state index in [0.29, 0.717) is 29.4 Å². The van der Waals surface area contributed by atoms with Crippen LogP contribution in [0.25, 0.3) is 11.3 Å². The molecule has 1 aliphatic heterocycles. The summed E-state index contributed by atoms with van der Waals surface area (Å²) in [5, 5.41) is 5.00. The Morgan fingerprint density at radius 2 is 2.36 bits per heavy atom. The van der Waals surface area contributed by atoms with Gasteiger partial charge in [0.05, 0.1) is 11.8 Å². The summed E-state index contributed by atoms with van der Waals surface area (Å²) in [6.07, 6.45) is 0.932. The van der Waals surface area contributed by atoms with Crippen LogP contribution in [0.15, 0.2) is 29.6 Å². The molecule has 1 amide bonds. The van der Waals surface area contributed by atoms with Crippen molar-refractivity contribution in [2.24, 2.45) is 5.73 Å². The van der Waals surface area contributed by atoms with Crippen molar-refractivity contribution in [3.63, 3.8) is 0 Å². The molecule has 1 saturated heterocycles. The molecule has 1 aliphatic rings. The summed E-state index contributed by atoms with van der Waals surface area (Å²) in [6, 6.07) is 6.19. The highest BCUT2D eigenvalue weighted by molar-refractivity contribution is 7.14. The first-order chi connectivity index (χ1) is 10.7. The third-order valence-electron chi connectivity index (χ3n) is 3.52. The van der Waals surface area contributed by atoms with Crippen LogP contribution in [0, 0.1) is 5.82 Å². The number of thiazole rings is 1. The number of carbonyl (C=O) groups is 1. The number of hydrogen-bond acceptors (Lipinski definition) is 5. The van der Waals surface area contributed by atoms with Gasteiger partial charge in [0.15, 0.2) is 5.13 Å². The molecular weight excluding hydrogens is 305 g/mol. The maximum atomic E-state index is 13.2. The Bertz CT molecular complexity index is 676. The van der Waals surface area contributed by atoms with E-state index in [-0.39, 0.29) is 17.8 Å². The van der Waals surface area contributed by atoms with Gasteiger partial charge in [-0.15, -0.1) is 11.3 Å². The van der Waals surface area contributed by atoms with Gasteiger partial charge in [-0.25, -0.2) is 9.37 Å². The highest BCUT2D eigenvalue weighted by atomic mass is 32.1. The molecule has 116 valence electrons. The molecule has 2 heterocycles. The summed E-state index contributed by atoms with van der Waals surface area (Å²) < 4.78 is 18.8. The van der Waals surface area contributed by atoms with Gasteiger partial charge in [0, 0.05) is 17.5 Å². The number of hydrogen-bond donors (Lipinski definition) is 2. The summed E-state index contributed by atoms with van der Waals surface area (Å²) >= 11 is 1.30. The first-order valence-electron chi connectivity index (χ1n) is 7.03. The van der Waals surface area contributed by atoms with Crippen LogP contribution in [-0.4, -0.2) is 29.6 Å². The van der Waals surface area contributed by atoms with E-state index in [1.54, 1.807) is 17.5 Å². The highest BCUT2D eigenvalue weighted by Crippen LogP contribution is 2.26. The number of halogens is 1. The monoisotopic (exact) mass is 321 g/mol. The zero-order chi connectivity index (χ0) is 15.5. The number of carbonyl (C=O) groups excluding carboxylic acids is 1. The lowest BCUT2D eigenvalue weighted by Crippen LogP contribution is -2.29. The molecule has 22 heavy (non-hydrogen) atoms. The zero-order valence-electron chi connectivity index (χ0n) is 11.8. The standard InChI is InChI=1S/C15H16FN3O2S/c16-10-3-1-2-9(6-10)12-8-22-15(18-12)19-14(20)13-5-4-11(7-17)21-13/h1-3,6,8,11,13H,4-5,7,17H2,(H,18,19,20)/t11-,13+/m1/s1. The Morgan fingerprint density at radius 1 is 1.50 bits per heavy atom. The molecule has 1 aromatic carbocycles. The van der Waals surface area contributed by atoms with Crippen LogP contribution in [0.1, 0.15) is 12.8 Å². The van der Waals surface area contributed by atoms with Gasteiger partial charge in [-0.1, -0.05) is 12.1 Å². The average Bonchev–Trinajstić information content (AvgIpc) is 3.16. The number of rotatable bonds is 4. The minimum atomic E-state index is -0.477. The summed E-state index contributed by atoms with van der Waals surface area (Å²) in [7, 11) is 0. The SMILES string of the molecule is NC[C@H]1CC[C@@H](C(=O)Nc2nc(-c3cccc(F)c3)cs2)O1. The minimum Gasteiger partial charge on any atom is -0.364 e. The van der Waals surface area contributed by atoms with Crippen LogP contribution in [0.5, 0.6) is 0 Å². The van der Waals surface area contributed by atoms with E-state index < -0.39 is 6.10 Å². The Labute approximate surface area is 131 Å². The molecule has 0 aliphatic carbocycles. The molecule has 0 bridgehead atoms. The van der Waals surface area contributed by atoms with Crippen molar-refractivity contribution >= 4 is 22.4 Å². The quantitative estimate of drug-likeness (QED) is 0.906. The number of anilines is 1. The maximum absolute atomic E-state index is 13.2. The second kappa shape index (κ2) is 6.51. The number of amides is 1. The Hall–Kier alpha value is -1.83. The van der Waals surface area contributed by atoms with Gasteiger partial charge in [0.25, 0.3) is 5.91 Å². The second-order valence-electron chi connectivity index (χ2n) is 5.10. The fraction of sp³-hybridized carbons (Fsp3) is 0.333. The maximum Gasteiger partial charge on any atom is 0.255 e. The third kappa shape index (κ3) is 3.32. The van der Waals surface area contributed by atoms with Gasteiger partial charge in [-0.2, -0.15) is 0 Å². The van der Waals surface area contributed by atoms with E-state index >= 15 is 0 Å². The zero-order valence-corrected chi connectivity index (χ0v) is 12.6. The van der Waals surface area contributed by atoms with Crippen molar-refractivity contribution in [2.45, 2.75) is 25.0 Å². The fourth-order valence-electron chi connectivity index (χ4n) is 2.37. The minimum absolute atomic E-state index is 0.0464. The normalized spacial score (nSPS) is 21.0. The molecule has 2 atom stereocenters. The molecule has 0 radical (unpaired) electrons. The Morgan fingerprint density at radius 3 is 3.09 bits per heavy atom. The first-order valence-corrected chi connectivity index (χ1v) is 7.91. The van der Waals surface area contributed by atoms with Gasteiger partial charge in [0.2, 0.25) is 0 Å². The molecule has 3 rings (SSSR count). The summed E-state index contributed by atoms with van der Waals surface area (Å²) in [5.74, 6) is -0.528. The van der Waals surface area contributed by atoms with E-state index in [4.69, 9.17) is 10.5 Å². The Balaban J connectivity index is 1.66. The van der Waals surface area contributed by atoms with Crippen molar-refractivity contribution in [2.75, 3.05) is 11.9 Å². The van der Waals surface area contributed by atoms with E-state index in [2.05, 4.69) is 10.3 Å². The van der Waals surface area contributed by atoms with Gasteiger partial charge in [-0.05, 0) is 25.0 Å². The molecule has 0 unspecified atom stereocenters. The van der Waals surface area contributed by atoms with Gasteiger partial charge in [-0.3, -0.25) is 10.1 Å². The molecule has 7 heteroatoms. The number of ether oxygens (including phenoxy) is 1. The number of nitrogens with one attached hydrogen (secondary N) is 1. The number of nitrogens with zero attached hydrogens (tertiary/aromatic N) is 1. The molecule has 1 aromatic heterocycles. The fourth-order valence-corrected chi connectivity index (χ4v) is 3.09. The summed E-state index contributed by atoms with van der Waals surface area (Å²) in [5.41, 5.74) is 6.84. The topological polar surface area (TPSA) is 77.2 Å². The van der Waals surface area contributed by atoms with E-state index in [9.17, 15) is 9.18 Å². The molecule has 5 nitrogen and oxygen atoms in total. The van der Waals surface area contributed by atoms with Crippen molar-refractivity contribution in [1.29, 1.82) is 0 Å². The number of aromatic nitrogens is 1. The molecule has 3 N–H and O–H groups in total. The molecule has 2 aromatic rings. The number of nitrogens with two attached hydrogens (primary N) is 1. The van der Waals surface area contributed by atoms with Gasteiger partial charge in [0.1, 0.15) is 11.9 Å². The van der Waals surface area contributed by atoms with Crippen molar-refractivity contribution in [3.05, 3.63) is 35.5 Å². The average molecular weight is 321 g/mol. The van der Waals surface area contributed by atoms with E-state index in [1.807, 2.05) is 0 Å². The summed E-state index contributed by atoms with van der Waals surface area (Å²) in [6.45, 7) is 0.421. The lowest BCUT2D eigenvalue weighted by molar-refractivity contribution is -0.126. The van der Waals surface area contributed by atoms with Gasteiger partial charge >= 0.3 is 0 Å². The van der Waals surface area contributed by atoms with Crippen molar-refractivity contribution in [3.8, 4) is 11.3 Å². The van der Waals surface area contributed by atoms with Crippen LogP contribution in [0.3, 0.4) is 0 Å². The highest BCUT2D eigenvalue weighted by Gasteiger charge is 2.30. The third-order valence-corrected chi connectivity index (χ3v) is 4.28. The first kappa shape index (κ1) is 15.1. The van der Waals surface area contributed by atoms with Crippen LogP contribution in [0.4, 0.5) is 9.52 Å². The molecule has 1 fully saturated rings.